The number of hydrogen-bond donors (Lipinski definition) is 1. The first-order valence-electron chi connectivity index (χ1n) is 6.27. The summed E-state index contributed by atoms with van der Waals surface area (Å²) in [6.45, 7) is 5.81. The van der Waals surface area contributed by atoms with Crippen LogP contribution in [-0.2, 0) is 0 Å². The van der Waals surface area contributed by atoms with Gasteiger partial charge in [-0.15, -0.1) is 0 Å². The summed E-state index contributed by atoms with van der Waals surface area (Å²) in [5.74, 6) is 5.15. The Morgan fingerprint density at radius 2 is 2.21 bits per heavy atom. The molecule has 1 aromatic rings. The zero-order chi connectivity index (χ0) is 14.5. The van der Waals surface area contributed by atoms with E-state index in [1.807, 2.05) is 20.8 Å². The maximum absolute atomic E-state index is 12.5. The van der Waals surface area contributed by atoms with Gasteiger partial charge in [0, 0.05) is 18.8 Å². The van der Waals surface area contributed by atoms with Crippen LogP contribution in [0.5, 0.6) is 0 Å². The molecule has 0 bridgehead atoms. The molecule has 1 amide bonds. The monoisotopic (exact) mass is 260 g/mol. The smallest absolute Gasteiger partial charge is 0.273 e. The molecule has 1 aromatic heterocycles. The standard InChI is InChI=1S/C15H20N2O2/c1-5-15(2,3)17(4)14(19)13-12(9-7-11-18)8-6-10-16-13/h6,8,10,18H,5,11H2,1-4H3. The summed E-state index contributed by atoms with van der Waals surface area (Å²) in [5, 5.41) is 8.74. The van der Waals surface area contributed by atoms with Crippen LogP contribution in [0, 0.1) is 11.8 Å². The number of hydrogen-bond acceptors (Lipinski definition) is 3. The van der Waals surface area contributed by atoms with Gasteiger partial charge in [0.1, 0.15) is 12.3 Å². The molecule has 0 fully saturated rings. The Balaban J connectivity index is 3.13. The minimum absolute atomic E-state index is 0.158. The van der Waals surface area contributed by atoms with Crippen molar-refractivity contribution < 1.29 is 9.90 Å². The molecule has 0 spiro atoms. The van der Waals surface area contributed by atoms with Crippen LogP contribution in [0.1, 0.15) is 43.2 Å². The number of aromatic nitrogens is 1. The number of carbonyl (C=O) groups is 1. The Bertz CT molecular complexity index is 512. The molecule has 0 saturated carbocycles. The predicted molar refractivity (Wildman–Crippen MR) is 74.7 cm³/mol. The van der Waals surface area contributed by atoms with Crippen molar-refractivity contribution in [3.8, 4) is 11.8 Å². The lowest BCUT2D eigenvalue weighted by atomic mass is 9.99. The van der Waals surface area contributed by atoms with Crippen molar-refractivity contribution in [2.75, 3.05) is 13.7 Å². The number of aliphatic hydroxyl groups is 1. The third-order valence-electron chi connectivity index (χ3n) is 3.39. The van der Waals surface area contributed by atoms with Gasteiger partial charge in [0.15, 0.2) is 0 Å². The lowest BCUT2D eigenvalue weighted by molar-refractivity contribution is 0.0614. The molecule has 0 aliphatic heterocycles. The highest BCUT2D eigenvalue weighted by Gasteiger charge is 2.28. The molecular weight excluding hydrogens is 240 g/mol. The number of amides is 1. The number of pyridine rings is 1. The first-order valence-corrected chi connectivity index (χ1v) is 6.27. The van der Waals surface area contributed by atoms with Gasteiger partial charge in [-0.2, -0.15) is 0 Å². The van der Waals surface area contributed by atoms with Crippen molar-refractivity contribution in [2.45, 2.75) is 32.7 Å². The molecule has 0 saturated heterocycles. The van der Waals surface area contributed by atoms with Gasteiger partial charge in [0.05, 0.1) is 5.56 Å². The minimum Gasteiger partial charge on any atom is -0.384 e. The van der Waals surface area contributed by atoms with Gasteiger partial charge in [-0.25, -0.2) is 4.98 Å². The molecule has 4 heteroatoms. The fourth-order valence-corrected chi connectivity index (χ4v) is 1.48. The summed E-state index contributed by atoms with van der Waals surface area (Å²) in [5.41, 5.74) is 0.629. The first kappa shape index (κ1) is 15.2. The van der Waals surface area contributed by atoms with Crippen LogP contribution in [0.15, 0.2) is 18.3 Å². The van der Waals surface area contributed by atoms with Gasteiger partial charge < -0.3 is 10.0 Å². The van der Waals surface area contributed by atoms with E-state index >= 15 is 0 Å². The first-order chi connectivity index (χ1) is 8.94. The summed E-state index contributed by atoms with van der Waals surface area (Å²) < 4.78 is 0. The van der Waals surface area contributed by atoms with Crippen LogP contribution in [0.2, 0.25) is 0 Å². The van der Waals surface area contributed by atoms with Gasteiger partial charge >= 0.3 is 0 Å². The van der Waals surface area contributed by atoms with Crippen molar-refractivity contribution in [1.82, 2.24) is 9.88 Å². The van der Waals surface area contributed by atoms with E-state index < -0.39 is 0 Å². The summed E-state index contributed by atoms with van der Waals surface area (Å²) in [6.07, 6.45) is 2.42. The van der Waals surface area contributed by atoms with Crippen molar-refractivity contribution in [1.29, 1.82) is 0 Å². The molecule has 1 N–H and O–H groups in total. The van der Waals surface area contributed by atoms with E-state index in [0.29, 0.717) is 11.3 Å². The largest absolute Gasteiger partial charge is 0.384 e. The Labute approximate surface area is 114 Å². The van der Waals surface area contributed by atoms with Crippen LogP contribution in [0.25, 0.3) is 0 Å². The lowest BCUT2D eigenvalue weighted by Crippen LogP contribution is -2.45. The zero-order valence-electron chi connectivity index (χ0n) is 11.9. The fraction of sp³-hybridized carbons (Fsp3) is 0.467. The van der Waals surface area contributed by atoms with E-state index in [9.17, 15) is 4.79 Å². The summed E-state index contributed by atoms with van der Waals surface area (Å²) >= 11 is 0. The van der Waals surface area contributed by atoms with Gasteiger partial charge in [-0.05, 0) is 32.4 Å². The van der Waals surface area contributed by atoms with Crippen molar-refractivity contribution >= 4 is 5.91 Å². The van der Waals surface area contributed by atoms with E-state index in [1.165, 1.54) is 0 Å². The van der Waals surface area contributed by atoms with Gasteiger partial charge in [0.25, 0.3) is 5.91 Å². The molecule has 102 valence electrons. The second kappa shape index (κ2) is 6.35. The topological polar surface area (TPSA) is 53.4 Å². The Morgan fingerprint density at radius 3 is 2.79 bits per heavy atom. The number of carbonyl (C=O) groups excluding carboxylic acids is 1. The number of aliphatic hydroxyl groups excluding tert-OH is 1. The van der Waals surface area contributed by atoms with Crippen molar-refractivity contribution in [3.63, 3.8) is 0 Å². The van der Waals surface area contributed by atoms with E-state index in [0.717, 1.165) is 6.42 Å². The van der Waals surface area contributed by atoms with E-state index in [2.05, 4.69) is 16.8 Å². The number of rotatable bonds is 3. The molecule has 4 nitrogen and oxygen atoms in total. The second-order valence-corrected chi connectivity index (χ2v) is 4.89. The molecule has 1 heterocycles. The predicted octanol–water partition coefficient (Wildman–Crippen LogP) is 1.69. The van der Waals surface area contributed by atoms with Crippen molar-refractivity contribution in [3.05, 3.63) is 29.6 Å². The molecular formula is C15H20N2O2. The molecule has 1 rings (SSSR count). The van der Waals surface area contributed by atoms with Crippen LogP contribution in [-0.4, -0.2) is 40.1 Å². The van der Waals surface area contributed by atoms with Crippen LogP contribution < -0.4 is 0 Å². The van der Waals surface area contributed by atoms with Gasteiger partial charge in [-0.3, -0.25) is 4.79 Å². The highest BCUT2D eigenvalue weighted by Crippen LogP contribution is 2.19. The Kier molecular flexibility index (Phi) is 5.08. The van der Waals surface area contributed by atoms with Gasteiger partial charge in [-0.1, -0.05) is 18.8 Å². The Morgan fingerprint density at radius 1 is 1.53 bits per heavy atom. The van der Waals surface area contributed by atoms with E-state index in [-0.39, 0.29) is 18.1 Å². The molecule has 19 heavy (non-hydrogen) atoms. The molecule has 0 aromatic carbocycles. The molecule has 0 aliphatic carbocycles. The molecule has 0 radical (unpaired) electrons. The summed E-state index contributed by atoms with van der Waals surface area (Å²) in [6, 6.07) is 3.46. The lowest BCUT2D eigenvalue weighted by Gasteiger charge is -2.34. The third-order valence-corrected chi connectivity index (χ3v) is 3.39. The average Bonchev–Trinajstić information content (AvgIpc) is 2.43. The minimum atomic E-state index is -0.240. The Hall–Kier alpha value is -1.86. The number of nitrogens with zero attached hydrogens (tertiary/aromatic N) is 2. The molecule has 0 aliphatic rings. The summed E-state index contributed by atoms with van der Waals surface area (Å²) in [4.78, 5) is 18.3. The average molecular weight is 260 g/mol. The van der Waals surface area contributed by atoms with Crippen LogP contribution >= 0.6 is 0 Å². The third kappa shape index (κ3) is 3.55. The molecule has 0 unspecified atom stereocenters. The molecule has 0 atom stereocenters. The second-order valence-electron chi connectivity index (χ2n) is 4.89. The van der Waals surface area contributed by atoms with E-state index in [4.69, 9.17) is 5.11 Å². The van der Waals surface area contributed by atoms with E-state index in [1.54, 1.807) is 30.3 Å². The zero-order valence-corrected chi connectivity index (χ0v) is 11.9. The SMILES string of the molecule is CCC(C)(C)N(C)C(=O)c1ncccc1C#CCO. The quantitative estimate of drug-likeness (QED) is 0.841. The van der Waals surface area contributed by atoms with Crippen LogP contribution in [0.4, 0.5) is 0 Å². The highest BCUT2D eigenvalue weighted by molar-refractivity contribution is 5.95. The maximum atomic E-state index is 12.5. The van der Waals surface area contributed by atoms with Crippen molar-refractivity contribution in [2.24, 2.45) is 0 Å². The van der Waals surface area contributed by atoms with Gasteiger partial charge in [0.2, 0.25) is 0 Å². The maximum Gasteiger partial charge on any atom is 0.273 e. The normalized spacial score (nSPS) is 10.6. The highest BCUT2D eigenvalue weighted by atomic mass is 16.2. The van der Waals surface area contributed by atoms with Crippen LogP contribution in [0.3, 0.4) is 0 Å². The summed E-state index contributed by atoms with van der Waals surface area (Å²) in [7, 11) is 1.77. The fourth-order valence-electron chi connectivity index (χ4n) is 1.48.